The second kappa shape index (κ2) is 9.50. The first kappa shape index (κ1) is 21.3. The molecule has 0 aliphatic carbocycles. The van der Waals surface area contributed by atoms with Gasteiger partial charge in [-0.2, -0.15) is 4.31 Å². The van der Waals surface area contributed by atoms with Gasteiger partial charge in [0.15, 0.2) is 0 Å². The number of nitrogens with one attached hydrogen (secondary N) is 1. The van der Waals surface area contributed by atoms with Crippen molar-refractivity contribution < 1.29 is 13.2 Å². The van der Waals surface area contributed by atoms with E-state index >= 15 is 0 Å². The predicted octanol–water partition coefficient (Wildman–Crippen LogP) is 2.49. The number of amides is 1. The van der Waals surface area contributed by atoms with Gasteiger partial charge in [-0.15, -0.1) is 5.10 Å². The molecule has 1 aromatic heterocycles. The van der Waals surface area contributed by atoms with Crippen molar-refractivity contribution in [2.24, 2.45) is 0 Å². The molecule has 4 aromatic rings. The molecular formula is C22H20N6O3S. The van der Waals surface area contributed by atoms with Gasteiger partial charge in [-0.1, -0.05) is 48.5 Å². The average Bonchev–Trinajstić information content (AvgIpc) is 3.35. The molecule has 0 spiro atoms. The fraction of sp³-hybridized carbons (Fsp3) is 0.0909. The van der Waals surface area contributed by atoms with Gasteiger partial charge in [0.1, 0.15) is 6.33 Å². The van der Waals surface area contributed by atoms with Crippen molar-refractivity contribution >= 4 is 21.6 Å². The standard InChI is InChI=1S/C22H20N6O3S/c29-22(24-19-11-13-20(14-12-19)28-17-23-25-26-28)16-27(15-18-7-3-1-4-8-18)32(30,31)21-9-5-2-6-10-21/h1-14,17H,15-16H2,(H,24,29). The minimum absolute atomic E-state index is 0.0731. The minimum Gasteiger partial charge on any atom is -0.325 e. The van der Waals surface area contributed by atoms with Gasteiger partial charge in [0.25, 0.3) is 0 Å². The van der Waals surface area contributed by atoms with Crippen LogP contribution in [0.15, 0.2) is 96.2 Å². The Balaban J connectivity index is 1.52. The summed E-state index contributed by atoms with van der Waals surface area (Å²) in [5.74, 6) is -0.449. The lowest BCUT2D eigenvalue weighted by atomic mass is 10.2. The number of hydrogen-bond acceptors (Lipinski definition) is 6. The maximum atomic E-state index is 13.2. The summed E-state index contributed by atoms with van der Waals surface area (Å²) in [6.45, 7) is -0.259. The highest BCUT2D eigenvalue weighted by Crippen LogP contribution is 2.19. The number of hydrogen-bond donors (Lipinski definition) is 1. The Kier molecular flexibility index (Phi) is 6.34. The van der Waals surface area contributed by atoms with E-state index in [9.17, 15) is 13.2 Å². The quantitative estimate of drug-likeness (QED) is 0.443. The van der Waals surface area contributed by atoms with Crippen molar-refractivity contribution in [1.29, 1.82) is 0 Å². The topological polar surface area (TPSA) is 110 Å². The molecule has 4 rings (SSSR count). The lowest BCUT2D eigenvalue weighted by molar-refractivity contribution is -0.116. The van der Waals surface area contributed by atoms with Gasteiger partial charge in [0.05, 0.1) is 17.1 Å². The van der Waals surface area contributed by atoms with Crippen LogP contribution in [0.25, 0.3) is 5.69 Å². The molecule has 0 unspecified atom stereocenters. The third-order valence-electron chi connectivity index (χ3n) is 4.67. The molecule has 0 atom stereocenters. The maximum Gasteiger partial charge on any atom is 0.243 e. The van der Waals surface area contributed by atoms with Crippen LogP contribution >= 0.6 is 0 Å². The number of aromatic nitrogens is 4. The maximum absolute atomic E-state index is 13.2. The molecule has 32 heavy (non-hydrogen) atoms. The molecule has 0 radical (unpaired) electrons. The zero-order chi connectivity index (χ0) is 22.4. The molecular weight excluding hydrogens is 428 g/mol. The molecule has 0 fully saturated rings. The van der Waals surface area contributed by atoms with Gasteiger partial charge >= 0.3 is 0 Å². The second-order valence-corrected chi connectivity index (χ2v) is 8.86. The molecule has 9 nitrogen and oxygen atoms in total. The number of carbonyl (C=O) groups excluding carboxylic acids is 1. The highest BCUT2D eigenvalue weighted by atomic mass is 32.2. The molecule has 3 aromatic carbocycles. The predicted molar refractivity (Wildman–Crippen MR) is 118 cm³/mol. The van der Waals surface area contributed by atoms with Crippen LogP contribution in [0.2, 0.25) is 0 Å². The number of tetrazole rings is 1. The largest absolute Gasteiger partial charge is 0.325 e. The lowest BCUT2D eigenvalue weighted by Gasteiger charge is -2.22. The third-order valence-corrected chi connectivity index (χ3v) is 6.47. The molecule has 10 heteroatoms. The zero-order valence-corrected chi connectivity index (χ0v) is 17.8. The van der Waals surface area contributed by atoms with E-state index in [2.05, 4.69) is 20.8 Å². The number of benzene rings is 3. The Labute approximate surface area is 185 Å². The van der Waals surface area contributed by atoms with E-state index in [-0.39, 0.29) is 18.0 Å². The Morgan fingerprint density at radius 1 is 0.906 bits per heavy atom. The average molecular weight is 449 g/mol. The van der Waals surface area contributed by atoms with Gasteiger partial charge in [-0.25, -0.2) is 13.1 Å². The van der Waals surface area contributed by atoms with Crippen LogP contribution in [0.5, 0.6) is 0 Å². The molecule has 0 saturated carbocycles. The fourth-order valence-electron chi connectivity index (χ4n) is 3.09. The van der Waals surface area contributed by atoms with Crippen molar-refractivity contribution in [3.05, 3.63) is 96.8 Å². The first-order valence-corrected chi connectivity index (χ1v) is 11.2. The van der Waals surface area contributed by atoms with Gasteiger partial charge in [-0.05, 0) is 52.4 Å². The molecule has 0 bridgehead atoms. The van der Waals surface area contributed by atoms with Crippen LogP contribution in [0.1, 0.15) is 5.56 Å². The number of rotatable bonds is 8. The first-order valence-electron chi connectivity index (χ1n) is 9.75. The van der Waals surface area contributed by atoms with Crippen LogP contribution in [-0.2, 0) is 21.4 Å². The highest BCUT2D eigenvalue weighted by Gasteiger charge is 2.26. The smallest absolute Gasteiger partial charge is 0.243 e. The van der Waals surface area contributed by atoms with Gasteiger partial charge in [-0.3, -0.25) is 4.79 Å². The number of carbonyl (C=O) groups is 1. The normalized spacial score (nSPS) is 11.4. The summed E-state index contributed by atoms with van der Waals surface area (Å²) in [4.78, 5) is 12.9. The molecule has 0 aliphatic heterocycles. The van der Waals surface area contributed by atoms with E-state index in [4.69, 9.17) is 0 Å². The summed E-state index contributed by atoms with van der Waals surface area (Å²) < 4.78 is 29.1. The molecule has 1 amide bonds. The van der Waals surface area contributed by atoms with Crippen molar-refractivity contribution in [3.8, 4) is 5.69 Å². The minimum atomic E-state index is -3.88. The zero-order valence-electron chi connectivity index (χ0n) is 16.9. The van der Waals surface area contributed by atoms with Gasteiger partial charge in [0, 0.05) is 12.2 Å². The van der Waals surface area contributed by atoms with Crippen LogP contribution in [0.3, 0.4) is 0 Å². The van der Waals surface area contributed by atoms with E-state index < -0.39 is 15.9 Å². The summed E-state index contributed by atoms with van der Waals surface area (Å²) in [6.07, 6.45) is 1.46. The van der Waals surface area contributed by atoms with E-state index in [0.29, 0.717) is 5.69 Å². The second-order valence-electron chi connectivity index (χ2n) is 6.92. The number of anilines is 1. The SMILES string of the molecule is O=C(CN(Cc1ccccc1)S(=O)(=O)c1ccccc1)Nc1ccc(-n2cnnn2)cc1. The van der Waals surface area contributed by atoms with Crippen molar-refractivity contribution in [2.45, 2.75) is 11.4 Å². The van der Waals surface area contributed by atoms with Crippen LogP contribution in [0.4, 0.5) is 5.69 Å². The highest BCUT2D eigenvalue weighted by molar-refractivity contribution is 7.89. The molecule has 0 saturated heterocycles. The summed E-state index contributed by atoms with van der Waals surface area (Å²) in [5, 5.41) is 13.7. The fourth-order valence-corrected chi connectivity index (χ4v) is 4.50. The van der Waals surface area contributed by atoms with E-state index in [1.807, 2.05) is 30.3 Å². The summed E-state index contributed by atoms with van der Waals surface area (Å²) in [6, 6.07) is 24.1. The Morgan fingerprint density at radius 2 is 1.56 bits per heavy atom. The summed E-state index contributed by atoms with van der Waals surface area (Å²) in [5.41, 5.74) is 2.04. The first-order chi connectivity index (χ1) is 15.5. The van der Waals surface area contributed by atoms with Crippen LogP contribution < -0.4 is 5.32 Å². The van der Waals surface area contributed by atoms with Crippen LogP contribution in [-0.4, -0.2) is 45.4 Å². The van der Waals surface area contributed by atoms with Crippen molar-refractivity contribution in [3.63, 3.8) is 0 Å². The Bertz CT molecular complexity index is 1260. The van der Waals surface area contributed by atoms with E-state index in [0.717, 1.165) is 11.3 Å². The monoisotopic (exact) mass is 448 g/mol. The van der Waals surface area contributed by atoms with E-state index in [1.54, 1.807) is 42.5 Å². The number of sulfonamides is 1. The third kappa shape index (κ3) is 5.05. The number of nitrogens with zero attached hydrogens (tertiary/aromatic N) is 5. The summed E-state index contributed by atoms with van der Waals surface area (Å²) in [7, 11) is -3.88. The lowest BCUT2D eigenvalue weighted by Crippen LogP contribution is -2.37. The van der Waals surface area contributed by atoms with E-state index in [1.165, 1.54) is 27.4 Å². The van der Waals surface area contributed by atoms with Crippen molar-refractivity contribution in [1.82, 2.24) is 24.5 Å². The molecule has 1 heterocycles. The van der Waals surface area contributed by atoms with Crippen LogP contribution in [0, 0.1) is 0 Å². The molecule has 162 valence electrons. The van der Waals surface area contributed by atoms with Crippen molar-refractivity contribution in [2.75, 3.05) is 11.9 Å². The summed E-state index contributed by atoms with van der Waals surface area (Å²) >= 11 is 0. The molecule has 0 aliphatic rings. The Hall–Kier alpha value is -3.89. The van der Waals surface area contributed by atoms with Gasteiger partial charge < -0.3 is 5.32 Å². The molecule has 1 N–H and O–H groups in total. The Morgan fingerprint density at radius 3 is 2.19 bits per heavy atom. The van der Waals surface area contributed by atoms with Gasteiger partial charge in [0.2, 0.25) is 15.9 Å².